The van der Waals surface area contributed by atoms with Crippen LogP contribution in [0.3, 0.4) is 0 Å². The first kappa shape index (κ1) is 24.3. The zero-order valence-corrected chi connectivity index (χ0v) is 19.9. The number of carbonyl (C=O) groups excluding carboxylic acids is 1. The highest BCUT2D eigenvalue weighted by Crippen LogP contribution is 2.23. The van der Waals surface area contributed by atoms with Gasteiger partial charge in [-0.3, -0.25) is 4.79 Å². The predicted molar refractivity (Wildman–Crippen MR) is 142 cm³/mol. The molecule has 1 saturated heterocycles. The topological polar surface area (TPSA) is 97.3 Å². The van der Waals surface area contributed by atoms with Crippen molar-refractivity contribution in [1.82, 2.24) is 15.2 Å². The Labute approximate surface area is 207 Å². The minimum atomic E-state index is -0.0585. The molecular weight excluding hydrogens is 434 g/mol. The number of likely N-dealkylation sites (tertiary alicyclic amines) is 1. The number of nitrogens with two attached hydrogens (primary N) is 2. The van der Waals surface area contributed by atoms with Crippen LogP contribution in [0.2, 0.25) is 0 Å². The highest BCUT2D eigenvalue weighted by molar-refractivity contribution is 5.94. The largest absolute Gasteiger partial charge is 0.383 e. The molecule has 5 N–H and O–H groups in total. The molecule has 178 valence electrons. The zero-order chi connectivity index (χ0) is 24.5. The lowest BCUT2D eigenvalue weighted by Gasteiger charge is -2.26. The molecule has 35 heavy (non-hydrogen) atoms. The molecule has 2 heterocycles. The van der Waals surface area contributed by atoms with Crippen LogP contribution in [-0.2, 0) is 0 Å². The van der Waals surface area contributed by atoms with Crippen LogP contribution < -0.4 is 16.8 Å². The van der Waals surface area contributed by atoms with Crippen LogP contribution in [0.4, 0.5) is 5.82 Å². The number of nitrogen functional groups attached to an aromatic ring is 1. The fourth-order valence-electron chi connectivity index (χ4n) is 4.22. The molecule has 3 aromatic rings. The molecule has 0 bridgehead atoms. The minimum Gasteiger partial charge on any atom is -0.383 e. The summed E-state index contributed by atoms with van der Waals surface area (Å²) in [5.74, 6) is 12.5. The Hall–Kier alpha value is -3.84. The number of aromatic nitrogens is 1. The third-order valence-electron chi connectivity index (χ3n) is 6.12. The average molecular weight is 466 g/mol. The molecule has 1 fully saturated rings. The van der Waals surface area contributed by atoms with Gasteiger partial charge in [0.1, 0.15) is 5.82 Å². The number of pyridine rings is 1. The Morgan fingerprint density at radius 3 is 2.54 bits per heavy atom. The van der Waals surface area contributed by atoms with E-state index in [-0.39, 0.29) is 5.91 Å². The van der Waals surface area contributed by atoms with E-state index in [2.05, 4.69) is 38.9 Å². The van der Waals surface area contributed by atoms with Crippen LogP contribution in [0.15, 0.2) is 48.7 Å². The molecule has 0 aliphatic carbocycles. The number of piperidine rings is 1. The second-order valence-electron chi connectivity index (χ2n) is 8.67. The summed E-state index contributed by atoms with van der Waals surface area (Å²) in [7, 11) is 0. The van der Waals surface area contributed by atoms with Gasteiger partial charge in [-0.15, -0.1) is 0 Å². The van der Waals surface area contributed by atoms with Gasteiger partial charge >= 0.3 is 0 Å². The van der Waals surface area contributed by atoms with Crippen molar-refractivity contribution in [3.8, 4) is 23.7 Å². The molecule has 0 unspecified atom stereocenters. The number of rotatable bonds is 5. The standard InChI is InChI=1S/C29H31N5O/c30-15-4-6-23-9-13-25-21-33-28(31)26(27(25)20-23)14-10-22-7-11-24(12-8-22)29(35)32-16-5-19-34-17-2-1-3-18-34/h7-9,11-13,20-21H,1-3,5,15-19,30H2,(H2,31,33)(H,32,35). The summed E-state index contributed by atoms with van der Waals surface area (Å²) >= 11 is 0. The summed E-state index contributed by atoms with van der Waals surface area (Å²) in [4.78, 5) is 19.2. The van der Waals surface area contributed by atoms with E-state index in [4.69, 9.17) is 11.5 Å². The summed E-state index contributed by atoms with van der Waals surface area (Å²) < 4.78 is 0. The van der Waals surface area contributed by atoms with Crippen LogP contribution in [0.1, 0.15) is 52.7 Å². The molecule has 2 aromatic carbocycles. The number of nitrogens with one attached hydrogen (secondary N) is 1. The van der Waals surface area contributed by atoms with E-state index in [1.807, 2.05) is 30.3 Å². The van der Waals surface area contributed by atoms with Crippen LogP contribution in [-0.4, -0.2) is 48.5 Å². The van der Waals surface area contributed by atoms with E-state index in [0.29, 0.717) is 30.0 Å². The normalized spacial score (nSPS) is 13.4. The number of anilines is 1. The van der Waals surface area contributed by atoms with E-state index < -0.39 is 0 Å². The second kappa shape index (κ2) is 12.0. The maximum atomic E-state index is 12.5. The van der Waals surface area contributed by atoms with Crippen molar-refractivity contribution in [3.05, 3.63) is 70.9 Å². The summed E-state index contributed by atoms with van der Waals surface area (Å²) in [6, 6.07) is 13.1. The van der Waals surface area contributed by atoms with Crippen molar-refractivity contribution in [2.24, 2.45) is 5.73 Å². The Bertz CT molecular complexity index is 1300. The lowest BCUT2D eigenvalue weighted by Crippen LogP contribution is -2.33. The van der Waals surface area contributed by atoms with Crippen LogP contribution >= 0.6 is 0 Å². The van der Waals surface area contributed by atoms with Crippen LogP contribution in [0.25, 0.3) is 10.8 Å². The molecular formula is C29H31N5O. The number of benzene rings is 2. The van der Waals surface area contributed by atoms with Crippen molar-refractivity contribution in [1.29, 1.82) is 0 Å². The van der Waals surface area contributed by atoms with E-state index in [1.54, 1.807) is 18.3 Å². The fraction of sp³-hybridized carbons (Fsp3) is 0.310. The Morgan fingerprint density at radius 1 is 1.00 bits per heavy atom. The third kappa shape index (κ3) is 6.61. The molecule has 6 nitrogen and oxygen atoms in total. The quantitative estimate of drug-likeness (QED) is 0.397. The number of carbonyl (C=O) groups is 1. The summed E-state index contributed by atoms with van der Waals surface area (Å²) in [5.41, 5.74) is 14.6. The van der Waals surface area contributed by atoms with Gasteiger partial charge in [0, 0.05) is 40.2 Å². The lowest BCUT2D eigenvalue weighted by atomic mass is 10.0. The van der Waals surface area contributed by atoms with Gasteiger partial charge in [0.2, 0.25) is 0 Å². The van der Waals surface area contributed by atoms with Crippen LogP contribution in [0.5, 0.6) is 0 Å². The molecule has 0 radical (unpaired) electrons. The van der Waals surface area contributed by atoms with Crippen molar-refractivity contribution in [2.75, 3.05) is 38.5 Å². The lowest BCUT2D eigenvalue weighted by molar-refractivity contribution is 0.0951. The number of hydrogen-bond donors (Lipinski definition) is 3. The number of fused-ring (bicyclic) bond motifs is 1. The zero-order valence-electron chi connectivity index (χ0n) is 19.9. The molecule has 4 rings (SSSR count). The third-order valence-corrected chi connectivity index (χ3v) is 6.12. The molecule has 1 amide bonds. The van der Waals surface area contributed by atoms with Crippen molar-refractivity contribution in [3.63, 3.8) is 0 Å². The van der Waals surface area contributed by atoms with Crippen molar-refractivity contribution >= 4 is 22.5 Å². The van der Waals surface area contributed by atoms with Gasteiger partial charge < -0.3 is 21.7 Å². The van der Waals surface area contributed by atoms with Gasteiger partial charge in [-0.05, 0) is 75.3 Å². The van der Waals surface area contributed by atoms with E-state index in [1.165, 1.54) is 32.4 Å². The summed E-state index contributed by atoms with van der Waals surface area (Å²) in [6.45, 7) is 4.39. The van der Waals surface area contributed by atoms with Gasteiger partial charge in [0.05, 0.1) is 12.1 Å². The predicted octanol–water partition coefficient (Wildman–Crippen LogP) is 3.13. The van der Waals surface area contributed by atoms with Crippen molar-refractivity contribution in [2.45, 2.75) is 25.7 Å². The van der Waals surface area contributed by atoms with Gasteiger partial charge in [-0.2, -0.15) is 0 Å². The monoisotopic (exact) mass is 465 g/mol. The highest BCUT2D eigenvalue weighted by Gasteiger charge is 2.10. The molecule has 1 aliphatic rings. The fourth-order valence-corrected chi connectivity index (χ4v) is 4.22. The first-order valence-corrected chi connectivity index (χ1v) is 12.1. The Kier molecular flexibility index (Phi) is 8.35. The maximum absolute atomic E-state index is 12.5. The number of nitrogens with zero attached hydrogens (tertiary/aromatic N) is 2. The first-order chi connectivity index (χ1) is 17.1. The SMILES string of the molecule is NCC#Cc1ccc2cnc(N)c(C#Cc3ccc(C(=O)NCCCN4CCCCC4)cc3)c2c1. The van der Waals surface area contributed by atoms with Gasteiger partial charge in [-0.25, -0.2) is 4.98 Å². The van der Waals surface area contributed by atoms with E-state index >= 15 is 0 Å². The molecule has 0 spiro atoms. The highest BCUT2D eigenvalue weighted by atomic mass is 16.1. The van der Waals surface area contributed by atoms with Gasteiger partial charge in [-0.1, -0.05) is 36.2 Å². The smallest absolute Gasteiger partial charge is 0.251 e. The van der Waals surface area contributed by atoms with E-state index in [0.717, 1.165) is 34.9 Å². The van der Waals surface area contributed by atoms with Gasteiger partial charge in [0.25, 0.3) is 5.91 Å². The number of hydrogen-bond acceptors (Lipinski definition) is 5. The molecule has 0 saturated carbocycles. The van der Waals surface area contributed by atoms with Gasteiger partial charge in [0.15, 0.2) is 0 Å². The summed E-state index contributed by atoms with van der Waals surface area (Å²) in [5, 5.41) is 4.85. The molecule has 1 aliphatic heterocycles. The molecule has 6 heteroatoms. The van der Waals surface area contributed by atoms with Crippen LogP contribution in [0, 0.1) is 23.7 Å². The Balaban J connectivity index is 1.41. The second-order valence-corrected chi connectivity index (χ2v) is 8.67. The number of amides is 1. The maximum Gasteiger partial charge on any atom is 0.251 e. The average Bonchev–Trinajstić information content (AvgIpc) is 2.90. The Morgan fingerprint density at radius 2 is 1.77 bits per heavy atom. The van der Waals surface area contributed by atoms with E-state index in [9.17, 15) is 4.79 Å². The minimum absolute atomic E-state index is 0.0585. The summed E-state index contributed by atoms with van der Waals surface area (Å²) in [6.07, 6.45) is 6.61. The molecule has 0 atom stereocenters. The van der Waals surface area contributed by atoms with Crippen molar-refractivity contribution < 1.29 is 4.79 Å². The molecule has 1 aromatic heterocycles. The first-order valence-electron chi connectivity index (χ1n) is 12.1.